The maximum Gasteiger partial charge on any atom is 0.150 e. The fraction of sp³-hybridized carbons (Fsp3) is 0.667. The highest BCUT2D eigenvalue weighted by atomic mass is 32.2. The molecule has 0 amide bonds. The Balaban J connectivity index is 1.95. The van der Waals surface area contributed by atoms with E-state index in [4.69, 9.17) is 0 Å². The number of thiazole rings is 1. The van der Waals surface area contributed by atoms with Gasteiger partial charge in [0.2, 0.25) is 0 Å². The third kappa shape index (κ3) is 2.76. The van der Waals surface area contributed by atoms with Crippen molar-refractivity contribution in [2.24, 2.45) is 5.92 Å². The lowest BCUT2D eigenvalue weighted by Crippen LogP contribution is -2.23. The predicted molar refractivity (Wildman–Crippen MR) is 58.6 cm³/mol. The number of aromatic nitrogens is 1. The van der Waals surface area contributed by atoms with Crippen LogP contribution in [0.5, 0.6) is 0 Å². The van der Waals surface area contributed by atoms with Crippen LogP contribution in [0.4, 0.5) is 0 Å². The molecule has 1 aliphatic heterocycles. The van der Waals surface area contributed by atoms with Crippen LogP contribution in [0.2, 0.25) is 0 Å². The molecule has 1 aromatic rings. The average molecular weight is 247 g/mol. The number of hydrogen-bond acceptors (Lipinski definition) is 5. The molecule has 1 saturated heterocycles. The third-order valence-corrected chi connectivity index (χ3v) is 5.30. The zero-order valence-corrected chi connectivity index (χ0v) is 9.80. The van der Waals surface area contributed by atoms with Gasteiger partial charge in [0, 0.05) is 23.4 Å². The first kappa shape index (κ1) is 11.0. The second kappa shape index (κ2) is 4.19. The van der Waals surface area contributed by atoms with E-state index >= 15 is 0 Å². The van der Waals surface area contributed by atoms with Gasteiger partial charge in [0.15, 0.2) is 9.84 Å². The lowest BCUT2D eigenvalue weighted by atomic mass is 9.99. The van der Waals surface area contributed by atoms with Gasteiger partial charge in [0.1, 0.15) is 0 Å². The van der Waals surface area contributed by atoms with Gasteiger partial charge < -0.3 is 5.11 Å². The molecule has 1 aromatic heterocycles. The van der Waals surface area contributed by atoms with E-state index in [1.807, 2.05) is 0 Å². The van der Waals surface area contributed by atoms with Crippen LogP contribution in [-0.4, -0.2) is 36.1 Å². The molecule has 0 bridgehead atoms. The largest absolute Gasteiger partial charge is 0.392 e. The smallest absolute Gasteiger partial charge is 0.150 e. The fourth-order valence-corrected chi connectivity index (χ4v) is 4.36. The standard InChI is InChI=1S/C9H13NO3S2/c11-9(3-8-4-10-6-14-8)7-1-2-15(12,13)5-7/h4,6-7,9,11H,1-3,5H2. The van der Waals surface area contributed by atoms with Crippen LogP contribution < -0.4 is 0 Å². The summed E-state index contributed by atoms with van der Waals surface area (Å²) in [4.78, 5) is 4.93. The summed E-state index contributed by atoms with van der Waals surface area (Å²) in [5.74, 6) is 0.252. The molecule has 0 radical (unpaired) electrons. The molecule has 15 heavy (non-hydrogen) atoms. The normalized spacial score (nSPS) is 26.6. The summed E-state index contributed by atoms with van der Waals surface area (Å²) >= 11 is 1.49. The van der Waals surface area contributed by atoms with Crippen molar-refractivity contribution in [1.29, 1.82) is 0 Å². The average Bonchev–Trinajstić information content (AvgIpc) is 2.74. The molecule has 0 aliphatic carbocycles. The van der Waals surface area contributed by atoms with Gasteiger partial charge in [-0.1, -0.05) is 0 Å². The topological polar surface area (TPSA) is 67.3 Å². The predicted octanol–water partition coefficient (Wildman–Crippen LogP) is 0.481. The minimum Gasteiger partial charge on any atom is -0.392 e. The first-order valence-corrected chi connectivity index (χ1v) is 7.53. The Morgan fingerprint density at radius 1 is 1.67 bits per heavy atom. The summed E-state index contributed by atoms with van der Waals surface area (Å²) in [5, 5.41) is 9.87. The summed E-state index contributed by atoms with van der Waals surface area (Å²) in [5.41, 5.74) is 1.72. The molecule has 4 nitrogen and oxygen atoms in total. The molecule has 2 atom stereocenters. The van der Waals surface area contributed by atoms with Crippen molar-refractivity contribution in [1.82, 2.24) is 4.98 Å². The van der Waals surface area contributed by atoms with Gasteiger partial charge in [-0.3, -0.25) is 4.98 Å². The molecule has 1 N–H and O–H groups in total. The summed E-state index contributed by atoms with van der Waals surface area (Å²) in [6, 6.07) is 0. The van der Waals surface area contributed by atoms with Gasteiger partial charge in [-0.25, -0.2) is 8.42 Å². The van der Waals surface area contributed by atoms with Gasteiger partial charge in [-0.05, 0) is 6.42 Å². The Morgan fingerprint density at radius 3 is 3.00 bits per heavy atom. The highest BCUT2D eigenvalue weighted by Crippen LogP contribution is 2.24. The summed E-state index contributed by atoms with van der Waals surface area (Å²) in [6.07, 6.45) is 2.27. The highest BCUT2D eigenvalue weighted by Gasteiger charge is 2.32. The van der Waals surface area contributed by atoms with Gasteiger partial charge in [0.25, 0.3) is 0 Å². The van der Waals surface area contributed by atoms with Crippen molar-refractivity contribution >= 4 is 21.2 Å². The molecule has 0 spiro atoms. The second-order valence-corrected chi connectivity index (χ2v) is 7.10. The number of aliphatic hydroxyl groups excluding tert-OH is 1. The molecule has 6 heteroatoms. The fourth-order valence-electron chi connectivity index (χ4n) is 1.84. The lowest BCUT2D eigenvalue weighted by Gasteiger charge is -2.14. The monoisotopic (exact) mass is 247 g/mol. The van der Waals surface area contributed by atoms with Gasteiger partial charge >= 0.3 is 0 Å². The number of nitrogens with zero attached hydrogens (tertiary/aromatic N) is 1. The third-order valence-electron chi connectivity index (χ3n) is 2.71. The molecular formula is C9H13NO3S2. The van der Waals surface area contributed by atoms with Crippen molar-refractivity contribution in [3.05, 3.63) is 16.6 Å². The number of rotatable bonds is 3. The van der Waals surface area contributed by atoms with E-state index in [9.17, 15) is 13.5 Å². The first-order chi connectivity index (χ1) is 7.07. The van der Waals surface area contributed by atoms with Crippen LogP contribution in [-0.2, 0) is 16.3 Å². The van der Waals surface area contributed by atoms with E-state index in [0.717, 1.165) is 4.88 Å². The SMILES string of the molecule is O=S1(=O)CCC(C(O)Cc2cncs2)C1. The van der Waals surface area contributed by atoms with Crippen molar-refractivity contribution in [2.75, 3.05) is 11.5 Å². The highest BCUT2D eigenvalue weighted by molar-refractivity contribution is 7.91. The maximum absolute atomic E-state index is 11.2. The number of sulfone groups is 1. The maximum atomic E-state index is 11.2. The van der Waals surface area contributed by atoms with Crippen LogP contribution >= 0.6 is 11.3 Å². The Hall–Kier alpha value is -0.460. The van der Waals surface area contributed by atoms with E-state index in [1.54, 1.807) is 11.7 Å². The van der Waals surface area contributed by atoms with E-state index in [0.29, 0.717) is 12.8 Å². The Labute approximate surface area is 92.9 Å². The molecule has 1 fully saturated rings. The number of aliphatic hydroxyl groups is 1. The minimum absolute atomic E-state index is 0.0999. The zero-order chi connectivity index (χ0) is 10.9. The summed E-state index contributed by atoms with van der Waals surface area (Å²) in [6.45, 7) is 0. The zero-order valence-electron chi connectivity index (χ0n) is 8.17. The van der Waals surface area contributed by atoms with Crippen LogP contribution in [0.15, 0.2) is 11.7 Å². The number of hydrogen-bond donors (Lipinski definition) is 1. The van der Waals surface area contributed by atoms with Crippen molar-refractivity contribution in [2.45, 2.75) is 18.9 Å². The van der Waals surface area contributed by atoms with E-state index in [1.165, 1.54) is 11.3 Å². The Kier molecular flexibility index (Phi) is 3.08. The van der Waals surface area contributed by atoms with Gasteiger partial charge in [-0.15, -0.1) is 11.3 Å². The molecule has 2 heterocycles. The molecule has 0 aromatic carbocycles. The van der Waals surface area contributed by atoms with Crippen molar-refractivity contribution in [3.8, 4) is 0 Å². The van der Waals surface area contributed by atoms with Crippen LogP contribution in [0.3, 0.4) is 0 Å². The molecule has 1 aliphatic rings. The first-order valence-electron chi connectivity index (χ1n) is 4.83. The van der Waals surface area contributed by atoms with Gasteiger partial charge in [0.05, 0.1) is 23.1 Å². The summed E-state index contributed by atoms with van der Waals surface area (Å²) in [7, 11) is -2.89. The molecule has 2 unspecified atom stereocenters. The van der Waals surface area contributed by atoms with E-state index in [2.05, 4.69) is 4.98 Å². The van der Waals surface area contributed by atoms with Crippen LogP contribution in [0.25, 0.3) is 0 Å². The van der Waals surface area contributed by atoms with Crippen molar-refractivity contribution < 1.29 is 13.5 Å². The second-order valence-electron chi connectivity index (χ2n) is 3.90. The molecule has 0 saturated carbocycles. The van der Waals surface area contributed by atoms with Gasteiger partial charge in [-0.2, -0.15) is 0 Å². The van der Waals surface area contributed by atoms with E-state index in [-0.39, 0.29) is 17.4 Å². The lowest BCUT2D eigenvalue weighted by molar-refractivity contribution is 0.121. The Bertz CT molecular complexity index is 413. The Morgan fingerprint density at radius 2 is 2.47 bits per heavy atom. The minimum atomic E-state index is -2.89. The van der Waals surface area contributed by atoms with Crippen LogP contribution in [0, 0.1) is 5.92 Å². The molecule has 84 valence electrons. The summed E-state index contributed by atoms with van der Waals surface area (Å²) < 4.78 is 22.5. The quantitative estimate of drug-likeness (QED) is 0.843. The van der Waals surface area contributed by atoms with Crippen molar-refractivity contribution in [3.63, 3.8) is 0 Å². The van der Waals surface area contributed by atoms with E-state index < -0.39 is 15.9 Å². The molecule has 2 rings (SSSR count). The molecular weight excluding hydrogens is 234 g/mol. The van der Waals surface area contributed by atoms with Crippen LogP contribution in [0.1, 0.15) is 11.3 Å².